The number of benzene rings is 1. The zero-order valence-electron chi connectivity index (χ0n) is 10.2. The molecule has 0 N–H and O–H groups in total. The van der Waals surface area contributed by atoms with Crippen LogP contribution in [0, 0.1) is 5.82 Å². The van der Waals surface area contributed by atoms with E-state index in [1.165, 1.54) is 30.4 Å². The second-order valence-corrected chi connectivity index (χ2v) is 5.33. The Hall–Kier alpha value is -2.07. The fourth-order valence-corrected chi connectivity index (χ4v) is 2.93. The standard InChI is InChI=1S/C15H10FNOS/c1-9(18)13-4-5-14(19-13)12-8-11(16)7-10-3-2-6-17-15(10)12/h2-8H,1H3. The number of carbonyl (C=O) groups excluding carboxylic acids is 1. The molecule has 19 heavy (non-hydrogen) atoms. The van der Waals surface area contributed by atoms with Crippen LogP contribution in [0.3, 0.4) is 0 Å². The van der Waals surface area contributed by atoms with Gasteiger partial charge in [-0.3, -0.25) is 9.78 Å². The van der Waals surface area contributed by atoms with Gasteiger partial charge in [0.25, 0.3) is 0 Å². The SMILES string of the molecule is CC(=O)c1ccc(-c2cc(F)cc3cccnc23)s1. The van der Waals surface area contributed by atoms with E-state index in [0.717, 1.165) is 21.3 Å². The number of thiophene rings is 1. The quantitative estimate of drug-likeness (QED) is 0.650. The molecule has 0 bridgehead atoms. The van der Waals surface area contributed by atoms with E-state index in [1.54, 1.807) is 18.3 Å². The highest BCUT2D eigenvalue weighted by Gasteiger charge is 2.11. The van der Waals surface area contributed by atoms with E-state index < -0.39 is 0 Å². The Bertz CT molecular complexity index is 779. The summed E-state index contributed by atoms with van der Waals surface area (Å²) in [5, 5.41) is 0.760. The number of ketones is 1. The lowest BCUT2D eigenvalue weighted by molar-refractivity contribution is 0.102. The third-order valence-corrected chi connectivity index (χ3v) is 4.11. The lowest BCUT2D eigenvalue weighted by Crippen LogP contribution is -1.85. The lowest BCUT2D eigenvalue weighted by atomic mass is 10.1. The Morgan fingerprint density at radius 1 is 1.26 bits per heavy atom. The van der Waals surface area contributed by atoms with Gasteiger partial charge in [-0.1, -0.05) is 6.07 Å². The highest BCUT2D eigenvalue weighted by molar-refractivity contribution is 7.17. The van der Waals surface area contributed by atoms with Crippen LogP contribution in [-0.4, -0.2) is 10.8 Å². The van der Waals surface area contributed by atoms with Gasteiger partial charge in [-0.2, -0.15) is 0 Å². The van der Waals surface area contributed by atoms with Crippen molar-refractivity contribution in [2.24, 2.45) is 0 Å². The molecule has 4 heteroatoms. The summed E-state index contributed by atoms with van der Waals surface area (Å²) in [7, 11) is 0. The molecule has 3 aromatic rings. The molecule has 0 saturated heterocycles. The monoisotopic (exact) mass is 271 g/mol. The number of aromatic nitrogens is 1. The van der Waals surface area contributed by atoms with Crippen LogP contribution in [0.2, 0.25) is 0 Å². The first-order chi connectivity index (χ1) is 9.15. The van der Waals surface area contributed by atoms with E-state index >= 15 is 0 Å². The predicted molar refractivity (Wildman–Crippen MR) is 75.0 cm³/mol. The van der Waals surface area contributed by atoms with E-state index in [9.17, 15) is 9.18 Å². The average molecular weight is 271 g/mol. The number of Topliss-reactive ketones (excluding diaryl/α,β-unsaturated/α-hetero) is 1. The van der Waals surface area contributed by atoms with Crippen LogP contribution in [0.25, 0.3) is 21.3 Å². The molecule has 0 aliphatic rings. The van der Waals surface area contributed by atoms with Crippen molar-refractivity contribution in [3.05, 3.63) is 53.3 Å². The molecule has 0 radical (unpaired) electrons. The second kappa shape index (κ2) is 4.55. The molecular weight excluding hydrogens is 261 g/mol. The zero-order chi connectivity index (χ0) is 13.4. The van der Waals surface area contributed by atoms with Crippen molar-refractivity contribution in [1.29, 1.82) is 0 Å². The third-order valence-electron chi connectivity index (χ3n) is 2.89. The lowest BCUT2D eigenvalue weighted by Gasteiger charge is -2.04. The van der Waals surface area contributed by atoms with Crippen molar-refractivity contribution in [3.63, 3.8) is 0 Å². The van der Waals surface area contributed by atoms with Gasteiger partial charge in [-0.05, 0) is 37.3 Å². The minimum atomic E-state index is -0.298. The van der Waals surface area contributed by atoms with Crippen LogP contribution < -0.4 is 0 Å². The average Bonchev–Trinajstić information content (AvgIpc) is 2.87. The molecule has 0 fully saturated rings. The smallest absolute Gasteiger partial charge is 0.169 e. The minimum Gasteiger partial charge on any atom is -0.294 e. The number of hydrogen-bond acceptors (Lipinski definition) is 3. The molecule has 0 spiro atoms. The normalized spacial score (nSPS) is 10.8. The molecule has 2 aromatic heterocycles. The largest absolute Gasteiger partial charge is 0.294 e. The highest BCUT2D eigenvalue weighted by atomic mass is 32.1. The molecule has 3 rings (SSSR count). The number of hydrogen-bond donors (Lipinski definition) is 0. The Labute approximate surface area is 113 Å². The Balaban J connectivity index is 2.26. The van der Waals surface area contributed by atoms with Crippen molar-refractivity contribution in [2.45, 2.75) is 6.92 Å². The Kier molecular flexibility index (Phi) is 2.87. The Morgan fingerprint density at radius 3 is 2.84 bits per heavy atom. The van der Waals surface area contributed by atoms with Gasteiger partial charge in [0.05, 0.1) is 10.4 Å². The molecule has 0 amide bonds. The molecule has 0 unspecified atom stereocenters. The summed E-state index contributed by atoms with van der Waals surface area (Å²) in [6.45, 7) is 1.53. The van der Waals surface area contributed by atoms with Gasteiger partial charge in [0.1, 0.15) is 5.82 Å². The van der Waals surface area contributed by atoms with Gasteiger partial charge in [0, 0.05) is 22.0 Å². The zero-order valence-corrected chi connectivity index (χ0v) is 11.0. The summed E-state index contributed by atoms with van der Waals surface area (Å²) in [6, 6.07) is 10.1. The fourth-order valence-electron chi connectivity index (χ4n) is 2.02. The van der Waals surface area contributed by atoms with Gasteiger partial charge < -0.3 is 0 Å². The molecule has 1 aromatic carbocycles. The van der Waals surface area contributed by atoms with Crippen molar-refractivity contribution >= 4 is 28.0 Å². The first kappa shape index (κ1) is 12.0. The number of halogens is 1. The van der Waals surface area contributed by atoms with Crippen molar-refractivity contribution < 1.29 is 9.18 Å². The molecule has 2 heterocycles. The van der Waals surface area contributed by atoms with Gasteiger partial charge in [0.2, 0.25) is 0 Å². The van der Waals surface area contributed by atoms with Gasteiger partial charge in [-0.25, -0.2) is 4.39 Å². The van der Waals surface area contributed by atoms with E-state index in [1.807, 2.05) is 12.1 Å². The maximum atomic E-state index is 13.7. The van der Waals surface area contributed by atoms with Crippen LogP contribution in [0.1, 0.15) is 16.6 Å². The molecule has 0 aliphatic carbocycles. The maximum absolute atomic E-state index is 13.7. The van der Waals surface area contributed by atoms with E-state index in [-0.39, 0.29) is 11.6 Å². The minimum absolute atomic E-state index is 0.0184. The van der Waals surface area contributed by atoms with Crippen molar-refractivity contribution in [2.75, 3.05) is 0 Å². The van der Waals surface area contributed by atoms with Crippen LogP contribution in [0.5, 0.6) is 0 Å². The molecule has 0 aliphatic heterocycles. The highest BCUT2D eigenvalue weighted by Crippen LogP contribution is 2.33. The molecule has 0 saturated carbocycles. The molecule has 2 nitrogen and oxygen atoms in total. The number of pyridine rings is 1. The van der Waals surface area contributed by atoms with Crippen molar-refractivity contribution in [1.82, 2.24) is 4.98 Å². The van der Waals surface area contributed by atoms with E-state index in [2.05, 4.69) is 4.98 Å². The predicted octanol–water partition coefficient (Wildman–Crippen LogP) is 4.31. The summed E-state index contributed by atoms with van der Waals surface area (Å²) < 4.78 is 13.7. The van der Waals surface area contributed by atoms with Gasteiger partial charge in [-0.15, -0.1) is 11.3 Å². The van der Waals surface area contributed by atoms with Gasteiger partial charge >= 0.3 is 0 Å². The van der Waals surface area contributed by atoms with Crippen LogP contribution in [0.15, 0.2) is 42.6 Å². The first-order valence-electron chi connectivity index (χ1n) is 5.80. The summed E-state index contributed by atoms with van der Waals surface area (Å²) in [6.07, 6.45) is 1.68. The molecule has 0 atom stereocenters. The number of carbonyl (C=O) groups is 1. The summed E-state index contributed by atoms with van der Waals surface area (Å²) in [5.74, 6) is -0.279. The number of rotatable bonds is 2. The van der Waals surface area contributed by atoms with Crippen LogP contribution in [0.4, 0.5) is 4.39 Å². The van der Waals surface area contributed by atoms with Crippen LogP contribution in [-0.2, 0) is 0 Å². The second-order valence-electron chi connectivity index (χ2n) is 4.25. The van der Waals surface area contributed by atoms with E-state index in [0.29, 0.717) is 4.88 Å². The van der Waals surface area contributed by atoms with Crippen LogP contribution >= 0.6 is 11.3 Å². The maximum Gasteiger partial charge on any atom is 0.169 e. The third kappa shape index (κ3) is 2.15. The Morgan fingerprint density at radius 2 is 2.11 bits per heavy atom. The topological polar surface area (TPSA) is 30.0 Å². The molecular formula is C15H10FNOS. The molecule has 94 valence electrons. The number of fused-ring (bicyclic) bond motifs is 1. The van der Waals surface area contributed by atoms with E-state index in [4.69, 9.17) is 0 Å². The summed E-state index contributed by atoms with van der Waals surface area (Å²) >= 11 is 1.36. The van der Waals surface area contributed by atoms with Gasteiger partial charge in [0.15, 0.2) is 5.78 Å². The summed E-state index contributed by atoms with van der Waals surface area (Å²) in [5.41, 5.74) is 1.48. The fraction of sp³-hybridized carbons (Fsp3) is 0.0667. The van der Waals surface area contributed by atoms with Crippen molar-refractivity contribution in [3.8, 4) is 10.4 Å². The first-order valence-corrected chi connectivity index (χ1v) is 6.62. The summed E-state index contributed by atoms with van der Waals surface area (Å²) in [4.78, 5) is 17.2. The number of nitrogens with zero attached hydrogens (tertiary/aromatic N) is 1.